The number of hydrogen-bond acceptors (Lipinski definition) is 4. The topological polar surface area (TPSA) is 77.4 Å². The second-order valence-corrected chi connectivity index (χ2v) is 8.39. The number of carbonyl (C=O) groups is 2. The van der Waals surface area contributed by atoms with Crippen molar-refractivity contribution in [2.75, 3.05) is 11.9 Å². The molecule has 0 aliphatic heterocycles. The molecule has 0 radical (unpaired) electrons. The molecule has 0 atom stereocenters. The van der Waals surface area contributed by atoms with Crippen molar-refractivity contribution in [1.29, 1.82) is 0 Å². The summed E-state index contributed by atoms with van der Waals surface area (Å²) in [7, 11) is 1.54. The van der Waals surface area contributed by atoms with Crippen molar-refractivity contribution in [2.24, 2.45) is 7.05 Å². The fraction of sp³-hybridized carbons (Fsp3) is 0.179. The standard InChI is InChI=1S/C28H26N2O4/c1-17-12-14-20(15-13-17)24-21-10-5-6-11-22(21)27(32)30(4)26(24)28(33)34-16-23(31)29-25-18(2)8-7-9-19(25)3/h5-15H,16H2,1-4H3,(H,29,31). The van der Waals surface area contributed by atoms with E-state index in [0.717, 1.165) is 22.3 Å². The van der Waals surface area contributed by atoms with Crippen LogP contribution in [0.1, 0.15) is 27.2 Å². The summed E-state index contributed by atoms with van der Waals surface area (Å²) in [6, 6.07) is 20.6. The number of rotatable bonds is 5. The number of nitrogens with zero attached hydrogens (tertiary/aromatic N) is 1. The summed E-state index contributed by atoms with van der Waals surface area (Å²) in [5.41, 5.74) is 4.77. The van der Waals surface area contributed by atoms with Crippen LogP contribution >= 0.6 is 0 Å². The molecule has 0 spiro atoms. The number of amides is 1. The number of benzene rings is 3. The van der Waals surface area contributed by atoms with Crippen LogP contribution in [-0.2, 0) is 16.6 Å². The summed E-state index contributed by atoms with van der Waals surface area (Å²) in [6.07, 6.45) is 0. The van der Waals surface area contributed by atoms with Crippen molar-refractivity contribution in [3.8, 4) is 11.1 Å². The Morgan fingerprint density at radius 3 is 2.12 bits per heavy atom. The smallest absolute Gasteiger partial charge is 0.356 e. The van der Waals surface area contributed by atoms with E-state index in [9.17, 15) is 14.4 Å². The SMILES string of the molecule is Cc1ccc(-c2c(C(=O)OCC(=O)Nc3c(C)cccc3C)n(C)c(=O)c3ccccc23)cc1. The van der Waals surface area contributed by atoms with Gasteiger partial charge >= 0.3 is 5.97 Å². The molecular formula is C28H26N2O4. The Hall–Kier alpha value is -4.19. The van der Waals surface area contributed by atoms with E-state index in [4.69, 9.17) is 4.74 Å². The van der Waals surface area contributed by atoms with E-state index in [1.54, 1.807) is 19.2 Å². The van der Waals surface area contributed by atoms with Crippen molar-refractivity contribution in [1.82, 2.24) is 4.57 Å². The Balaban J connectivity index is 1.71. The summed E-state index contributed by atoms with van der Waals surface area (Å²) >= 11 is 0. The van der Waals surface area contributed by atoms with E-state index < -0.39 is 18.5 Å². The number of anilines is 1. The van der Waals surface area contributed by atoms with Gasteiger partial charge in [0.25, 0.3) is 11.5 Å². The lowest BCUT2D eigenvalue weighted by Crippen LogP contribution is -2.28. The highest BCUT2D eigenvalue weighted by molar-refractivity contribution is 6.07. The molecule has 6 nitrogen and oxygen atoms in total. The van der Waals surface area contributed by atoms with E-state index in [-0.39, 0.29) is 11.3 Å². The minimum absolute atomic E-state index is 0.104. The molecule has 34 heavy (non-hydrogen) atoms. The van der Waals surface area contributed by atoms with E-state index in [2.05, 4.69) is 5.32 Å². The Bertz CT molecular complexity index is 1450. The number of ether oxygens (including phenoxy) is 1. The highest BCUT2D eigenvalue weighted by Gasteiger charge is 2.23. The van der Waals surface area contributed by atoms with Gasteiger partial charge in [0.05, 0.1) is 0 Å². The van der Waals surface area contributed by atoms with E-state index in [1.807, 2.05) is 75.4 Å². The number of fused-ring (bicyclic) bond motifs is 1. The van der Waals surface area contributed by atoms with Crippen LogP contribution in [0.4, 0.5) is 5.69 Å². The summed E-state index contributed by atoms with van der Waals surface area (Å²) in [6.45, 7) is 5.30. The predicted octanol–water partition coefficient (Wildman–Crippen LogP) is 4.93. The first kappa shape index (κ1) is 23.0. The van der Waals surface area contributed by atoms with E-state index in [0.29, 0.717) is 22.0 Å². The number of hydrogen-bond donors (Lipinski definition) is 1. The summed E-state index contributed by atoms with van der Waals surface area (Å²) < 4.78 is 6.70. The average Bonchev–Trinajstić information content (AvgIpc) is 2.83. The Kier molecular flexibility index (Phi) is 6.32. The molecule has 1 amide bonds. The lowest BCUT2D eigenvalue weighted by atomic mass is 9.96. The molecule has 1 aromatic heterocycles. The average molecular weight is 455 g/mol. The Labute approximate surface area is 197 Å². The van der Waals surface area contributed by atoms with Crippen molar-refractivity contribution in [2.45, 2.75) is 20.8 Å². The highest BCUT2D eigenvalue weighted by atomic mass is 16.5. The molecule has 0 saturated carbocycles. The van der Waals surface area contributed by atoms with Crippen LogP contribution in [0.25, 0.3) is 21.9 Å². The fourth-order valence-electron chi connectivity index (χ4n) is 4.10. The number of nitrogens with one attached hydrogen (secondary N) is 1. The van der Waals surface area contributed by atoms with Crippen molar-refractivity contribution < 1.29 is 14.3 Å². The van der Waals surface area contributed by atoms with Gasteiger partial charge in [0.2, 0.25) is 0 Å². The van der Waals surface area contributed by atoms with Crippen molar-refractivity contribution >= 4 is 28.3 Å². The first-order valence-electron chi connectivity index (χ1n) is 11.0. The third kappa shape index (κ3) is 4.35. The molecular weight excluding hydrogens is 428 g/mol. The lowest BCUT2D eigenvalue weighted by Gasteiger charge is -2.17. The Morgan fingerprint density at radius 1 is 0.853 bits per heavy atom. The minimum Gasteiger partial charge on any atom is -0.451 e. The molecule has 4 rings (SSSR count). The quantitative estimate of drug-likeness (QED) is 0.434. The zero-order valence-corrected chi connectivity index (χ0v) is 19.6. The first-order valence-corrected chi connectivity index (χ1v) is 11.0. The third-order valence-corrected chi connectivity index (χ3v) is 5.92. The minimum atomic E-state index is -0.738. The van der Waals surface area contributed by atoms with Gasteiger partial charge in [-0.3, -0.25) is 9.59 Å². The first-order chi connectivity index (χ1) is 16.3. The van der Waals surface area contributed by atoms with Crippen LogP contribution in [0.3, 0.4) is 0 Å². The number of esters is 1. The van der Waals surface area contributed by atoms with Gasteiger partial charge in [0, 0.05) is 23.7 Å². The maximum Gasteiger partial charge on any atom is 0.356 e. The van der Waals surface area contributed by atoms with Crippen LogP contribution in [0, 0.1) is 20.8 Å². The van der Waals surface area contributed by atoms with Gasteiger partial charge in [0.15, 0.2) is 6.61 Å². The maximum atomic E-state index is 13.3. The van der Waals surface area contributed by atoms with Gasteiger partial charge in [-0.1, -0.05) is 66.2 Å². The molecule has 0 fully saturated rings. The van der Waals surface area contributed by atoms with Gasteiger partial charge in [0.1, 0.15) is 5.69 Å². The number of pyridine rings is 1. The summed E-state index contributed by atoms with van der Waals surface area (Å²) in [5, 5.41) is 3.97. The molecule has 172 valence electrons. The summed E-state index contributed by atoms with van der Waals surface area (Å²) in [4.78, 5) is 38.8. The largest absolute Gasteiger partial charge is 0.451 e. The van der Waals surface area contributed by atoms with Crippen LogP contribution in [0.15, 0.2) is 71.5 Å². The Morgan fingerprint density at radius 2 is 1.47 bits per heavy atom. The second-order valence-electron chi connectivity index (χ2n) is 8.39. The van der Waals surface area contributed by atoms with Gasteiger partial charge in [-0.25, -0.2) is 4.79 Å². The van der Waals surface area contributed by atoms with Crippen LogP contribution < -0.4 is 10.9 Å². The molecule has 0 unspecified atom stereocenters. The molecule has 0 bridgehead atoms. The van der Waals surface area contributed by atoms with Crippen LogP contribution in [0.2, 0.25) is 0 Å². The van der Waals surface area contributed by atoms with Gasteiger partial charge in [-0.15, -0.1) is 0 Å². The second kappa shape index (κ2) is 9.35. The number of aromatic nitrogens is 1. The molecule has 3 aromatic carbocycles. The molecule has 4 aromatic rings. The lowest BCUT2D eigenvalue weighted by molar-refractivity contribution is -0.119. The highest BCUT2D eigenvalue weighted by Crippen LogP contribution is 2.31. The van der Waals surface area contributed by atoms with Gasteiger partial charge in [-0.05, 0) is 48.9 Å². The van der Waals surface area contributed by atoms with Crippen molar-refractivity contribution in [3.63, 3.8) is 0 Å². The van der Waals surface area contributed by atoms with E-state index in [1.165, 1.54) is 4.57 Å². The van der Waals surface area contributed by atoms with Crippen LogP contribution in [-0.4, -0.2) is 23.1 Å². The maximum absolute atomic E-state index is 13.3. The molecule has 0 saturated heterocycles. The normalized spacial score (nSPS) is 10.8. The molecule has 1 N–H and O–H groups in total. The van der Waals surface area contributed by atoms with Gasteiger partial charge < -0.3 is 14.6 Å². The van der Waals surface area contributed by atoms with Crippen molar-refractivity contribution in [3.05, 3.63) is 99.5 Å². The number of carbonyl (C=O) groups excluding carboxylic acids is 2. The third-order valence-electron chi connectivity index (χ3n) is 5.92. The fourth-order valence-corrected chi connectivity index (χ4v) is 4.10. The number of aryl methyl sites for hydroxylation is 3. The molecule has 6 heteroatoms. The molecule has 1 heterocycles. The monoisotopic (exact) mass is 454 g/mol. The van der Waals surface area contributed by atoms with Crippen LogP contribution in [0.5, 0.6) is 0 Å². The predicted molar refractivity (Wildman–Crippen MR) is 134 cm³/mol. The molecule has 0 aliphatic carbocycles. The zero-order valence-electron chi connectivity index (χ0n) is 19.6. The summed E-state index contributed by atoms with van der Waals surface area (Å²) in [5.74, 6) is -1.19. The van der Waals surface area contributed by atoms with E-state index >= 15 is 0 Å². The van der Waals surface area contributed by atoms with Gasteiger partial charge in [-0.2, -0.15) is 0 Å². The molecule has 0 aliphatic rings. The number of para-hydroxylation sites is 1. The zero-order chi connectivity index (χ0) is 24.4.